The Morgan fingerprint density at radius 2 is 1.54 bits per heavy atom. The molecule has 68 heavy (non-hydrogen) atoms. The van der Waals surface area contributed by atoms with Gasteiger partial charge in [-0.25, -0.2) is 0 Å². The number of amides is 1. The predicted molar refractivity (Wildman–Crippen MR) is 259 cm³/mol. The van der Waals surface area contributed by atoms with Crippen molar-refractivity contribution >= 4 is 29.0 Å². The first kappa shape index (κ1) is 57.4. The first-order valence-corrected chi connectivity index (χ1v) is 25.3. The molecule has 0 aromatic heterocycles. The number of fused-ring (bicyclic) bond motifs is 3. The van der Waals surface area contributed by atoms with E-state index in [1.807, 2.05) is 51.2 Å². The molecule has 4 aliphatic rings. The van der Waals surface area contributed by atoms with Crippen molar-refractivity contribution in [3.63, 3.8) is 0 Å². The Hall–Kier alpha value is -3.21. The van der Waals surface area contributed by atoms with Gasteiger partial charge in [0.25, 0.3) is 11.7 Å². The van der Waals surface area contributed by atoms with Gasteiger partial charge >= 0.3 is 0 Å². The summed E-state index contributed by atoms with van der Waals surface area (Å²) >= 11 is 0. The van der Waals surface area contributed by atoms with E-state index in [4.69, 9.17) is 23.7 Å². The molecule has 15 atom stereocenters. The SMILES string of the molecule is CO[C@H]1C[C@@H]2CC[C@@H](C)[C@@](O)(O2)C(=O)C(=O)N2CCCC[C@H]2C(=O)C[C@H]([C@H](C)C[C@@H]2CC[C@@H](OCCO)[C@H](OC)C2)CC(=O)[C@H](C)/C=C(\C)[C@@H](O)[C@@H](OC)C(=O)[C@H](C)C[C@H](C)/C=C/C=C/C=C/1C. The quantitative estimate of drug-likeness (QED) is 0.160. The van der Waals surface area contributed by atoms with E-state index in [1.165, 1.54) is 12.0 Å². The van der Waals surface area contributed by atoms with Crippen LogP contribution in [0.3, 0.4) is 0 Å². The number of Topliss-reactive ketones (excluding diaryl/α,β-unsaturated/α-hetero) is 4. The Balaban J connectivity index is 1.70. The first-order valence-electron chi connectivity index (χ1n) is 25.3. The average Bonchev–Trinajstić information content (AvgIpc) is 3.32. The van der Waals surface area contributed by atoms with Crippen molar-refractivity contribution in [1.82, 2.24) is 4.90 Å². The van der Waals surface area contributed by atoms with Crippen molar-refractivity contribution in [2.75, 3.05) is 41.1 Å². The van der Waals surface area contributed by atoms with Crippen molar-refractivity contribution in [1.29, 1.82) is 0 Å². The molecular weight excluding hydrogens is 871 g/mol. The monoisotopic (exact) mass is 956 g/mol. The summed E-state index contributed by atoms with van der Waals surface area (Å²) in [5.74, 6) is -7.13. The van der Waals surface area contributed by atoms with Gasteiger partial charge in [-0.2, -0.15) is 0 Å². The highest BCUT2D eigenvalue weighted by Gasteiger charge is 2.53. The lowest BCUT2D eigenvalue weighted by atomic mass is 9.74. The number of piperidine rings is 1. The summed E-state index contributed by atoms with van der Waals surface area (Å²) in [5, 5.41) is 32.9. The summed E-state index contributed by atoms with van der Waals surface area (Å²) in [6, 6.07) is -0.923. The van der Waals surface area contributed by atoms with Crippen LogP contribution in [0.1, 0.15) is 132 Å². The standard InChI is InChI=1S/C54H85NO13/c1-33-16-12-11-13-17-34(2)47(64-8)32-42-21-19-39(7)54(63,68-42)52(61)53(62)55-23-15-14-18-43(55)45(58)31-41(35(3)28-40-20-22-46(67-25-24-56)48(29-40)65-9)30-44(57)36(4)27-38(6)50(60)51(66-10)49(59)37(5)26-33/h11-13,16-17,27,33,35-37,39-43,46-48,50-51,56,60,63H,14-15,18-26,28-32H2,1-10H3/b13-11+,16-12+,34-17+,38-27+/t33-,35-,36-,37-,39-,40+,41-,42+,43+,46-,47+,48-,50-,51+,54-/m1/s1. The van der Waals surface area contributed by atoms with Crippen molar-refractivity contribution in [2.45, 2.75) is 180 Å². The Bertz CT molecular complexity index is 1810. The van der Waals surface area contributed by atoms with Crippen molar-refractivity contribution in [2.24, 2.45) is 41.4 Å². The number of carbonyl (C=O) groups is 5. The molecule has 1 aliphatic carbocycles. The largest absolute Gasteiger partial charge is 0.394 e. The van der Waals surface area contributed by atoms with Gasteiger partial charge in [0.05, 0.1) is 43.7 Å². The van der Waals surface area contributed by atoms with Gasteiger partial charge < -0.3 is 43.9 Å². The molecule has 3 fully saturated rings. The van der Waals surface area contributed by atoms with Crippen LogP contribution in [0.25, 0.3) is 0 Å². The third-order valence-corrected chi connectivity index (χ3v) is 15.4. The molecule has 0 spiro atoms. The average molecular weight is 956 g/mol. The molecule has 384 valence electrons. The maximum absolute atomic E-state index is 14.7. The molecule has 1 amide bonds. The van der Waals surface area contributed by atoms with Crippen LogP contribution >= 0.6 is 0 Å². The molecule has 3 aliphatic heterocycles. The van der Waals surface area contributed by atoms with Crippen molar-refractivity contribution < 1.29 is 63.0 Å². The van der Waals surface area contributed by atoms with E-state index in [0.29, 0.717) is 63.4 Å². The number of hydrogen-bond donors (Lipinski definition) is 3. The predicted octanol–water partition coefficient (Wildman–Crippen LogP) is 6.86. The third kappa shape index (κ3) is 15.4. The van der Waals surface area contributed by atoms with Crippen LogP contribution in [-0.4, -0.2) is 139 Å². The smallest absolute Gasteiger partial charge is 0.296 e. The highest BCUT2D eigenvalue weighted by Crippen LogP contribution is 2.39. The minimum absolute atomic E-state index is 0.0122. The summed E-state index contributed by atoms with van der Waals surface area (Å²) < 4.78 is 29.4. The molecule has 2 bridgehead atoms. The molecule has 4 rings (SSSR count). The van der Waals surface area contributed by atoms with Gasteiger partial charge in [0.1, 0.15) is 18.0 Å². The molecule has 3 N–H and O–H groups in total. The molecule has 2 saturated heterocycles. The summed E-state index contributed by atoms with van der Waals surface area (Å²) in [6.07, 6.45) is 14.0. The summed E-state index contributed by atoms with van der Waals surface area (Å²) in [5.41, 5.74) is 1.32. The van der Waals surface area contributed by atoms with Crippen molar-refractivity contribution in [3.05, 3.63) is 47.6 Å². The molecular formula is C54H85NO13. The third-order valence-electron chi connectivity index (χ3n) is 15.4. The number of ether oxygens (including phenoxy) is 5. The lowest BCUT2D eigenvalue weighted by molar-refractivity contribution is -0.265. The molecule has 3 heterocycles. The fourth-order valence-corrected chi connectivity index (χ4v) is 11.0. The molecule has 1 saturated carbocycles. The van der Waals surface area contributed by atoms with Gasteiger partial charge in [0.2, 0.25) is 5.79 Å². The molecule has 0 unspecified atom stereocenters. The fourth-order valence-electron chi connectivity index (χ4n) is 11.0. The number of carbonyl (C=O) groups excluding carboxylic acids is 5. The van der Waals surface area contributed by atoms with E-state index >= 15 is 0 Å². The Morgan fingerprint density at radius 3 is 2.22 bits per heavy atom. The highest BCUT2D eigenvalue weighted by molar-refractivity contribution is 6.39. The maximum atomic E-state index is 14.7. The summed E-state index contributed by atoms with van der Waals surface area (Å²) in [4.78, 5) is 72.7. The zero-order valence-corrected chi connectivity index (χ0v) is 42.7. The van der Waals surface area contributed by atoms with E-state index < -0.39 is 71.6 Å². The molecule has 0 radical (unpaired) electrons. The number of nitrogens with zero attached hydrogens (tertiary/aromatic N) is 1. The van der Waals surface area contributed by atoms with Crippen molar-refractivity contribution in [3.8, 4) is 0 Å². The van der Waals surface area contributed by atoms with E-state index in [9.17, 15) is 39.3 Å². The highest BCUT2D eigenvalue weighted by atomic mass is 16.6. The van der Waals surface area contributed by atoms with Gasteiger partial charge in [-0.15, -0.1) is 0 Å². The molecule has 0 aromatic carbocycles. The van der Waals surface area contributed by atoms with Crippen LogP contribution in [0, 0.1) is 41.4 Å². The van der Waals surface area contributed by atoms with Crippen LogP contribution in [0.2, 0.25) is 0 Å². The fraction of sp³-hybridized carbons (Fsp3) is 0.759. The number of rotatable bonds is 9. The normalized spacial score (nSPS) is 39.3. The van der Waals surface area contributed by atoms with Gasteiger partial charge in [-0.05, 0) is 113 Å². The van der Waals surface area contributed by atoms with Crippen LogP contribution in [-0.2, 0) is 47.7 Å². The zero-order valence-electron chi connectivity index (χ0n) is 42.7. The van der Waals surface area contributed by atoms with Gasteiger partial charge in [0.15, 0.2) is 11.6 Å². The van der Waals surface area contributed by atoms with Crippen LogP contribution in [0.15, 0.2) is 47.6 Å². The Morgan fingerprint density at radius 1 is 0.824 bits per heavy atom. The van der Waals surface area contributed by atoms with Gasteiger partial charge in [0, 0.05) is 64.9 Å². The maximum Gasteiger partial charge on any atom is 0.296 e. The van der Waals surface area contributed by atoms with Crippen LogP contribution in [0.5, 0.6) is 0 Å². The second-order valence-corrected chi connectivity index (χ2v) is 20.6. The number of ketones is 4. The number of methoxy groups -OCH3 is 3. The lowest BCUT2D eigenvalue weighted by Crippen LogP contribution is -2.60. The summed E-state index contributed by atoms with van der Waals surface area (Å²) in [6.45, 7) is 13.3. The minimum Gasteiger partial charge on any atom is -0.394 e. The lowest BCUT2D eigenvalue weighted by Gasteiger charge is -2.43. The van der Waals surface area contributed by atoms with E-state index in [2.05, 4.69) is 6.92 Å². The number of hydrogen-bond acceptors (Lipinski definition) is 13. The molecule has 14 nitrogen and oxygen atoms in total. The number of allylic oxidation sites excluding steroid dienone is 6. The minimum atomic E-state index is -2.39. The molecule has 14 heteroatoms. The van der Waals surface area contributed by atoms with Gasteiger partial charge in [-0.3, -0.25) is 24.0 Å². The Kier molecular flexibility index (Phi) is 23.1. The summed E-state index contributed by atoms with van der Waals surface area (Å²) in [7, 11) is 4.64. The first-order chi connectivity index (χ1) is 32.3. The van der Waals surface area contributed by atoms with Crippen LogP contribution in [0.4, 0.5) is 0 Å². The topological polar surface area (TPSA) is 195 Å². The van der Waals surface area contributed by atoms with E-state index in [-0.39, 0.29) is 79.9 Å². The van der Waals surface area contributed by atoms with Gasteiger partial charge in [-0.1, -0.05) is 71.1 Å². The second-order valence-electron chi connectivity index (χ2n) is 20.6. The van der Waals surface area contributed by atoms with Crippen LogP contribution < -0.4 is 0 Å². The number of aliphatic hydroxyl groups is 3. The van der Waals surface area contributed by atoms with E-state index in [1.54, 1.807) is 41.1 Å². The Labute approximate surface area is 406 Å². The zero-order chi connectivity index (χ0) is 50.3. The number of aliphatic hydroxyl groups excluding tert-OH is 2. The molecule has 0 aromatic rings. The van der Waals surface area contributed by atoms with E-state index in [0.717, 1.165) is 18.4 Å². The second kappa shape index (κ2) is 27.4.